The van der Waals surface area contributed by atoms with Crippen LogP contribution in [0.5, 0.6) is 11.5 Å². The fourth-order valence-electron chi connectivity index (χ4n) is 2.05. The summed E-state index contributed by atoms with van der Waals surface area (Å²) in [4.78, 5) is 0. The van der Waals surface area contributed by atoms with E-state index in [0.29, 0.717) is 5.69 Å². The molecule has 0 amide bonds. The van der Waals surface area contributed by atoms with Gasteiger partial charge in [0.1, 0.15) is 11.4 Å². The molecule has 0 aliphatic carbocycles. The number of hydrogen-bond acceptors (Lipinski definition) is 3. The molecule has 0 saturated carbocycles. The summed E-state index contributed by atoms with van der Waals surface area (Å²) in [6, 6.07) is 15.1. The first-order valence-electron chi connectivity index (χ1n) is 6.36. The number of hydrogen-bond donors (Lipinski definition) is 1. The molecule has 0 atom stereocenters. The van der Waals surface area contributed by atoms with Gasteiger partial charge in [-0.3, -0.25) is 0 Å². The van der Waals surface area contributed by atoms with Gasteiger partial charge in [0.15, 0.2) is 5.75 Å². The lowest BCUT2D eigenvalue weighted by molar-refractivity contribution is 0.415. The molecule has 5 heteroatoms. The lowest BCUT2D eigenvalue weighted by Crippen LogP contribution is -1.94. The minimum atomic E-state index is 0.142. The summed E-state index contributed by atoms with van der Waals surface area (Å²) >= 11 is 3.40. The second kappa shape index (κ2) is 5.61. The van der Waals surface area contributed by atoms with Gasteiger partial charge in [-0.15, -0.1) is 0 Å². The third-order valence-corrected chi connectivity index (χ3v) is 3.68. The minimum absolute atomic E-state index is 0.142. The van der Waals surface area contributed by atoms with Crippen molar-refractivity contribution >= 4 is 15.9 Å². The van der Waals surface area contributed by atoms with Crippen LogP contribution in [-0.4, -0.2) is 22.0 Å². The Kier molecular flexibility index (Phi) is 3.66. The molecule has 0 aliphatic rings. The average Bonchev–Trinajstić information content (AvgIpc) is 2.90. The quantitative estimate of drug-likeness (QED) is 0.780. The maximum atomic E-state index is 10.1. The lowest BCUT2D eigenvalue weighted by Gasteiger charge is -2.02. The van der Waals surface area contributed by atoms with E-state index >= 15 is 0 Å². The first-order valence-corrected chi connectivity index (χ1v) is 7.15. The van der Waals surface area contributed by atoms with E-state index in [0.717, 1.165) is 21.5 Å². The standard InChI is InChI=1S/C16H13BrN2O2/c1-21-14-8-2-11(3-9-14)16-15(20)10-19(18-16)13-6-4-12(17)5-7-13/h2-10,20H,1H3. The first-order chi connectivity index (χ1) is 10.2. The van der Waals surface area contributed by atoms with E-state index in [2.05, 4.69) is 21.0 Å². The van der Waals surface area contributed by atoms with Gasteiger partial charge >= 0.3 is 0 Å². The number of aromatic hydroxyl groups is 1. The number of methoxy groups -OCH3 is 1. The Labute approximate surface area is 130 Å². The van der Waals surface area contributed by atoms with E-state index in [1.165, 1.54) is 0 Å². The van der Waals surface area contributed by atoms with Crippen LogP contribution in [0.3, 0.4) is 0 Å². The fraction of sp³-hybridized carbons (Fsp3) is 0.0625. The Balaban J connectivity index is 1.98. The molecule has 0 spiro atoms. The second-order valence-electron chi connectivity index (χ2n) is 4.51. The molecular weight excluding hydrogens is 332 g/mol. The van der Waals surface area contributed by atoms with Gasteiger partial charge < -0.3 is 9.84 Å². The molecule has 2 aromatic carbocycles. The van der Waals surface area contributed by atoms with E-state index in [1.807, 2.05) is 48.5 Å². The van der Waals surface area contributed by atoms with E-state index in [4.69, 9.17) is 4.74 Å². The average molecular weight is 345 g/mol. The van der Waals surface area contributed by atoms with Crippen molar-refractivity contribution in [2.75, 3.05) is 7.11 Å². The smallest absolute Gasteiger partial charge is 0.162 e. The topological polar surface area (TPSA) is 47.3 Å². The second-order valence-corrected chi connectivity index (χ2v) is 5.43. The van der Waals surface area contributed by atoms with Gasteiger partial charge in [-0.05, 0) is 48.5 Å². The Morgan fingerprint density at radius 2 is 1.71 bits per heavy atom. The van der Waals surface area contributed by atoms with Crippen LogP contribution in [0.1, 0.15) is 0 Å². The monoisotopic (exact) mass is 344 g/mol. The fourth-order valence-corrected chi connectivity index (χ4v) is 2.31. The summed E-state index contributed by atoms with van der Waals surface area (Å²) in [6.07, 6.45) is 1.60. The highest BCUT2D eigenvalue weighted by Crippen LogP contribution is 2.30. The molecule has 1 aromatic heterocycles. The molecule has 0 bridgehead atoms. The zero-order valence-electron chi connectivity index (χ0n) is 11.3. The molecule has 4 nitrogen and oxygen atoms in total. The lowest BCUT2D eigenvalue weighted by atomic mass is 10.1. The highest BCUT2D eigenvalue weighted by atomic mass is 79.9. The Morgan fingerprint density at radius 3 is 2.33 bits per heavy atom. The van der Waals surface area contributed by atoms with Crippen LogP contribution >= 0.6 is 15.9 Å². The zero-order chi connectivity index (χ0) is 14.8. The number of ether oxygens (including phenoxy) is 1. The first kappa shape index (κ1) is 13.7. The summed E-state index contributed by atoms with van der Waals surface area (Å²) in [5, 5.41) is 14.5. The molecule has 0 radical (unpaired) electrons. The van der Waals surface area contributed by atoms with Crippen molar-refractivity contribution in [2.24, 2.45) is 0 Å². The van der Waals surface area contributed by atoms with Gasteiger partial charge in [-0.25, -0.2) is 4.68 Å². The van der Waals surface area contributed by atoms with Crippen molar-refractivity contribution in [3.63, 3.8) is 0 Å². The van der Waals surface area contributed by atoms with E-state index in [9.17, 15) is 5.11 Å². The molecular formula is C16H13BrN2O2. The Bertz CT molecular complexity index is 749. The van der Waals surface area contributed by atoms with Crippen molar-refractivity contribution in [2.45, 2.75) is 0 Å². The summed E-state index contributed by atoms with van der Waals surface area (Å²) in [6.45, 7) is 0. The van der Waals surface area contributed by atoms with Crippen molar-refractivity contribution in [1.82, 2.24) is 9.78 Å². The van der Waals surface area contributed by atoms with Crippen molar-refractivity contribution in [3.05, 3.63) is 59.2 Å². The van der Waals surface area contributed by atoms with E-state index in [-0.39, 0.29) is 5.75 Å². The van der Waals surface area contributed by atoms with Crippen LogP contribution in [0.15, 0.2) is 59.2 Å². The van der Waals surface area contributed by atoms with Crippen LogP contribution < -0.4 is 4.74 Å². The summed E-state index contributed by atoms with van der Waals surface area (Å²) in [5.74, 6) is 0.911. The van der Waals surface area contributed by atoms with Crippen molar-refractivity contribution in [1.29, 1.82) is 0 Å². The maximum Gasteiger partial charge on any atom is 0.162 e. The van der Waals surface area contributed by atoms with Gasteiger partial charge in [-0.2, -0.15) is 5.10 Å². The van der Waals surface area contributed by atoms with Gasteiger partial charge in [0, 0.05) is 10.0 Å². The molecule has 3 rings (SSSR count). The third kappa shape index (κ3) is 2.78. The van der Waals surface area contributed by atoms with Gasteiger partial charge in [-0.1, -0.05) is 15.9 Å². The molecule has 0 aliphatic heterocycles. The van der Waals surface area contributed by atoms with Crippen LogP contribution in [0.2, 0.25) is 0 Å². The molecule has 106 valence electrons. The number of benzene rings is 2. The van der Waals surface area contributed by atoms with Crippen molar-refractivity contribution in [3.8, 4) is 28.4 Å². The predicted octanol–water partition coefficient (Wildman–Crippen LogP) is 4.02. The Hall–Kier alpha value is -2.27. The molecule has 0 unspecified atom stereocenters. The van der Waals surface area contributed by atoms with Crippen LogP contribution in [0, 0.1) is 0 Å². The predicted molar refractivity (Wildman–Crippen MR) is 84.9 cm³/mol. The summed E-state index contributed by atoms with van der Waals surface area (Å²) < 4.78 is 7.78. The number of rotatable bonds is 3. The number of nitrogens with zero attached hydrogens (tertiary/aromatic N) is 2. The van der Waals surface area contributed by atoms with Crippen LogP contribution in [0.25, 0.3) is 16.9 Å². The normalized spacial score (nSPS) is 10.6. The minimum Gasteiger partial charge on any atom is -0.504 e. The van der Waals surface area contributed by atoms with Gasteiger partial charge in [0.2, 0.25) is 0 Å². The SMILES string of the molecule is COc1ccc(-c2nn(-c3ccc(Br)cc3)cc2O)cc1. The van der Waals surface area contributed by atoms with E-state index in [1.54, 1.807) is 18.0 Å². The summed E-state index contributed by atoms with van der Waals surface area (Å²) in [5.41, 5.74) is 2.26. The zero-order valence-corrected chi connectivity index (χ0v) is 12.9. The van der Waals surface area contributed by atoms with Gasteiger partial charge in [0.25, 0.3) is 0 Å². The molecule has 21 heavy (non-hydrogen) atoms. The van der Waals surface area contributed by atoms with Crippen LogP contribution in [0.4, 0.5) is 0 Å². The highest BCUT2D eigenvalue weighted by Gasteiger charge is 2.11. The molecule has 3 aromatic rings. The van der Waals surface area contributed by atoms with Crippen LogP contribution in [-0.2, 0) is 0 Å². The molecule has 0 fully saturated rings. The third-order valence-electron chi connectivity index (χ3n) is 3.15. The summed E-state index contributed by atoms with van der Waals surface area (Å²) in [7, 11) is 1.62. The number of aromatic nitrogens is 2. The molecule has 1 N–H and O–H groups in total. The Morgan fingerprint density at radius 1 is 1.05 bits per heavy atom. The number of halogens is 1. The largest absolute Gasteiger partial charge is 0.504 e. The highest BCUT2D eigenvalue weighted by molar-refractivity contribution is 9.10. The molecule has 0 saturated heterocycles. The van der Waals surface area contributed by atoms with E-state index < -0.39 is 0 Å². The maximum absolute atomic E-state index is 10.1. The molecule has 1 heterocycles. The van der Waals surface area contributed by atoms with Gasteiger partial charge in [0.05, 0.1) is 19.0 Å². The van der Waals surface area contributed by atoms with Crippen molar-refractivity contribution < 1.29 is 9.84 Å².